The Bertz CT molecular complexity index is 1520. The molecule has 0 aromatic carbocycles. The van der Waals surface area contributed by atoms with Gasteiger partial charge in [-0.2, -0.15) is 52.7 Å². The molecule has 0 radical (unpaired) electrons. The van der Waals surface area contributed by atoms with Crippen molar-refractivity contribution in [2.75, 3.05) is 39.4 Å². The number of ether oxygens (including phenoxy) is 2. The van der Waals surface area contributed by atoms with Crippen LogP contribution in [0.2, 0.25) is 0 Å². The molecule has 20 heteroatoms. The van der Waals surface area contributed by atoms with Crippen molar-refractivity contribution in [3.8, 4) is 0 Å². The first kappa shape index (κ1) is 61.7. The SMILES string of the molecule is CC(C)N1C2CCC(OC2)[C@@H]1C(F)(F)F.CC(C)N1C2CCC(OC2)[C@H]1C(F)(F)F.CC(C)N1CC2CC2[C@@H]1C(F)(F)F.CC(C)N1CC2CC2[C@H]1C(F)(F)F.CC(C)N1CC[C@@H]1C.CC(C)N1CC[C@H]1C. The Morgan fingerprint density at radius 3 is 0.806 bits per heavy atom. The van der Waals surface area contributed by atoms with Crippen molar-refractivity contribution in [2.24, 2.45) is 23.7 Å². The van der Waals surface area contributed by atoms with Crippen LogP contribution in [0.5, 0.6) is 0 Å². The van der Waals surface area contributed by atoms with E-state index in [0.29, 0.717) is 51.0 Å². The van der Waals surface area contributed by atoms with Crippen LogP contribution in [-0.4, -0.2) is 190 Å². The first-order valence-electron chi connectivity index (χ1n) is 27.1. The summed E-state index contributed by atoms with van der Waals surface area (Å²) in [6.07, 6.45) is -10.6. The summed E-state index contributed by atoms with van der Waals surface area (Å²) in [5.41, 5.74) is 0. The van der Waals surface area contributed by atoms with Gasteiger partial charge in [0.15, 0.2) is 0 Å². The molecule has 424 valence electrons. The second-order valence-corrected chi connectivity index (χ2v) is 24.1. The zero-order valence-electron chi connectivity index (χ0n) is 45.5. The number of halogens is 12. The highest BCUT2D eigenvalue weighted by Gasteiger charge is 2.64. The zero-order valence-corrected chi connectivity index (χ0v) is 45.5. The van der Waals surface area contributed by atoms with Crippen LogP contribution in [-0.2, 0) is 9.47 Å². The summed E-state index contributed by atoms with van der Waals surface area (Å²) in [7, 11) is 0. The molecule has 72 heavy (non-hydrogen) atoms. The third-order valence-electron chi connectivity index (χ3n) is 17.1. The maximum atomic E-state index is 12.9. The van der Waals surface area contributed by atoms with Gasteiger partial charge in [-0.05, 0) is 172 Å². The lowest BCUT2D eigenvalue weighted by Gasteiger charge is -2.53. The minimum absolute atomic E-state index is 0.0134. The highest BCUT2D eigenvalue weighted by molar-refractivity contribution is 5.09. The average Bonchev–Trinajstić information content (AvgIpc) is 4.12. The van der Waals surface area contributed by atoms with E-state index in [1.54, 1.807) is 19.6 Å². The third kappa shape index (κ3) is 15.1. The third-order valence-corrected chi connectivity index (χ3v) is 17.1. The fourth-order valence-corrected chi connectivity index (χ4v) is 13.1. The fraction of sp³-hybridized carbons (Fsp3) is 1.00. The van der Waals surface area contributed by atoms with Gasteiger partial charge in [0.25, 0.3) is 0 Å². The number of piperidine rings is 4. The number of hydrogen-bond acceptors (Lipinski definition) is 8. The fourth-order valence-electron chi connectivity index (χ4n) is 13.1. The van der Waals surface area contributed by atoms with Gasteiger partial charge in [-0.3, -0.25) is 29.4 Å². The minimum atomic E-state index is -4.17. The summed E-state index contributed by atoms with van der Waals surface area (Å²) in [5.74, 6) is 0.466. The van der Waals surface area contributed by atoms with Crippen molar-refractivity contribution in [2.45, 2.75) is 270 Å². The molecule has 2 aliphatic carbocycles. The second-order valence-electron chi connectivity index (χ2n) is 24.1. The first-order chi connectivity index (χ1) is 33.1. The molecule has 10 saturated heterocycles. The van der Waals surface area contributed by atoms with Crippen molar-refractivity contribution in [3.05, 3.63) is 0 Å². The number of alkyl halides is 12. The van der Waals surface area contributed by atoms with Gasteiger partial charge >= 0.3 is 24.7 Å². The molecule has 12 aliphatic rings. The van der Waals surface area contributed by atoms with Crippen LogP contribution in [0.1, 0.15) is 148 Å². The molecule has 10 heterocycles. The van der Waals surface area contributed by atoms with Crippen molar-refractivity contribution >= 4 is 0 Å². The number of likely N-dealkylation sites (tertiary alicyclic amines) is 4. The van der Waals surface area contributed by atoms with Crippen molar-refractivity contribution < 1.29 is 62.2 Å². The van der Waals surface area contributed by atoms with E-state index < -0.39 is 61.1 Å². The van der Waals surface area contributed by atoms with Crippen LogP contribution in [0, 0.1) is 23.7 Å². The van der Waals surface area contributed by atoms with Crippen molar-refractivity contribution in [1.29, 1.82) is 0 Å². The molecule has 8 nitrogen and oxygen atoms in total. The van der Waals surface area contributed by atoms with Gasteiger partial charge in [0.1, 0.15) is 24.2 Å². The normalized spacial score (nSPS) is 36.8. The molecule has 0 N–H and O–H groups in total. The molecule has 0 spiro atoms. The zero-order chi connectivity index (χ0) is 54.3. The Morgan fingerprint density at radius 2 is 0.667 bits per heavy atom. The van der Waals surface area contributed by atoms with Gasteiger partial charge in [0, 0.05) is 86.6 Å². The molecular weight excluding hydrogens is 969 g/mol. The average molecular weight is 1060 g/mol. The van der Waals surface area contributed by atoms with Crippen LogP contribution in [0.3, 0.4) is 0 Å². The molecular formula is C52H90F12N6O2. The standard InChI is InChI=1S/2C10H16F3NO.2C9H14F3N.2C7H15N/c2*1-6(2)14-7-3-4-8(15-5-7)9(14)10(11,12)13;2*1-5(2)13-4-6-3-7(6)8(13)9(10,11)12;2*1-6(2)8-5-4-7(8)3/h2*6-9H,3-5H2,1-2H3;2*5-8H,3-4H2,1-2H3;2*6-7H,4-5H2,1-3H3/t2*7?,8?,9-;2*6?,7?,8-;2*7-/m101010/s1. The number of morpholine rings is 2. The summed E-state index contributed by atoms with van der Waals surface area (Å²) in [4.78, 5) is 11.4. The summed E-state index contributed by atoms with van der Waals surface area (Å²) in [6.45, 7) is 33.1. The first-order valence-corrected chi connectivity index (χ1v) is 27.1. The van der Waals surface area contributed by atoms with E-state index in [4.69, 9.17) is 9.47 Å². The quantitative estimate of drug-likeness (QED) is 0.244. The summed E-state index contributed by atoms with van der Waals surface area (Å²) in [5, 5.41) is 0. The van der Waals surface area contributed by atoms with Crippen LogP contribution < -0.4 is 0 Å². The van der Waals surface area contributed by atoms with Gasteiger partial charge in [0.2, 0.25) is 0 Å². The van der Waals surface area contributed by atoms with E-state index in [-0.39, 0.29) is 48.1 Å². The van der Waals surface area contributed by atoms with Crippen molar-refractivity contribution in [3.63, 3.8) is 0 Å². The number of fused-ring (bicyclic) bond motifs is 8. The van der Waals surface area contributed by atoms with E-state index in [1.165, 1.54) is 25.9 Å². The second kappa shape index (κ2) is 24.2. The molecule has 0 aromatic rings. The summed E-state index contributed by atoms with van der Waals surface area (Å²) >= 11 is 0. The molecule has 2 saturated carbocycles. The van der Waals surface area contributed by atoms with Crippen LogP contribution in [0.15, 0.2) is 0 Å². The summed E-state index contributed by atoms with van der Waals surface area (Å²) < 4.78 is 163. The smallest absolute Gasteiger partial charge is 0.375 e. The molecule has 12 fully saturated rings. The Balaban J connectivity index is 0.000000163. The highest BCUT2D eigenvalue weighted by Crippen LogP contribution is 2.56. The van der Waals surface area contributed by atoms with E-state index in [9.17, 15) is 52.7 Å². The Kier molecular flexibility index (Phi) is 20.8. The van der Waals surface area contributed by atoms with Gasteiger partial charge in [-0.25, -0.2) is 0 Å². The maximum absolute atomic E-state index is 12.9. The van der Waals surface area contributed by atoms with Crippen LogP contribution >= 0.6 is 0 Å². The number of hydrogen-bond donors (Lipinski definition) is 0. The van der Waals surface area contributed by atoms with Crippen LogP contribution in [0.4, 0.5) is 52.7 Å². The van der Waals surface area contributed by atoms with E-state index in [2.05, 4.69) is 51.3 Å². The highest BCUT2D eigenvalue weighted by atomic mass is 19.4. The van der Waals surface area contributed by atoms with Gasteiger partial charge < -0.3 is 9.47 Å². The molecule has 4 bridgehead atoms. The number of rotatable bonds is 6. The molecule has 0 aromatic heterocycles. The predicted molar refractivity (Wildman–Crippen MR) is 258 cm³/mol. The van der Waals surface area contributed by atoms with E-state index >= 15 is 0 Å². The van der Waals surface area contributed by atoms with Crippen molar-refractivity contribution in [1.82, 2.24) is 29.4 Å². The van der Waals surface area contributed by atoms with Gasteiger partial charge in [-0.15, -0.1) is 0 Å². The lowest BCUT2D eigenvalue weighted by Crippen LogP contribution is -2.67. The number of nitrogens with zero attached hydrogens (tertiary/aromatic N) is 6. The Morgan fingerprint density at radius 1 is 0.375 bits per heavy atom. The lowest BCUT2D eigenvalue weighted by molar-refractivity contribution is -0.268. The molecule has 14 atom stereocenters. The molecule has 0 amide bonds. The Hall–Kier alpha value is -1.16. The van der Waals surface area contributed by atoms with Gasteiger partial charge in [-0.1, -0.05) is 0 Å². The lowest BCUT2D eigenvalue weighted by atomic mass is 9.88. The van der Waals surface area contributed by atoms with Crippen LogP contribution in [0.25, 0.3) is 0 Å². The Labute approximate surface area is 423 Å². The van der Waals surface area contributed by atoms with E-state index in [1.807, 2.05) is 55.4 Å². The predicted octanol–water partition coefficient (Wildman–Crippen LogP) is 11.9. The maximum Gasteiger partial charge on any atom is 0.406 e. The largest absolute Gasteiger partial charge is 0.406 e. The molecule has 12 rings (SSSR count). The minimum Gasteiger partial charge on any atom is -0.375 e. The monoisotopic (exact) mass is 1060 g/mol. The molecule has 8 unspecified atom stereocenters. The van der Waals surface area contributed by atoms with Gasteiger partial charge in [0.05, 0.1) is 25.4 Å². The summed E-state index contributed by atoms with van der Waals surface area (Å²) in [6, 6.07) is -2.10. The topological polar surface area (TPSA) is 37.9 Å². The van der Waals surface area contributed by atoms with E-state index in [0.717, 1.165) is 49.9 Å². The molecule has 10 aliphatic heterocycles.